The minimum Gasteiger partial charge on any atom is -0.372 e. The average molecular weight is 434 g/mol. The van der Waals surface area contributed by atoms with Gasteiger partial charge in [0.15, 0.2) is 5.16 Å². The Morgan fingerprint density at radius 1 is 1.00 bits per heavy atom. The molecule has 0 atom stereocenters. The number of hydrogen-bond donors (Lipinski definition) is 1. The molecule has 0 radical (unpaired) electrons. The quantitative estimate of drug-likeness (QED) is 0.529. The van der Waals surface area contributed by atoms with Gasteiger partial charge >= 0.3 is 0 Å². The van der Waals surface area contributed by atoms with E-state index in [0.29, 0.717) is 11.7 Å². The van der Waals surface area contributed by atoms with E-state index < -0.39 is 0 Å². The molecule has 0 unspecified atom stereocenters. The number of nitrogens with zero attached hydrogens (tertiary/aromatic N) is 4. The van der Waals surface area contributed by atoms with Crippen LogP contribution in [0.1, 0.15) is 43.0 Å². The molecule has 0 bridgehead atoms. The third-order valence-corrected chi connectivity index (χ3v) is 6.79. The fraction of sp³-hybridized carbons (Fsp3) is 0.375. The molecule has 5 rings (SSSR count). The molecule has 160 valence electrons. The molecular weight excluding hydrogens is 406 g/mol. The van der Waals surface area contributed by atoms with Crippen LogP contribution in [0.2, 0.25) is 0 Å². The summed E-state index contributed by atoms with van der Waals surface area (Å²) in [6.07, 6.45) is 4.86. The van der Waals surface area contributed by atoms with Gasteiger partial charge in [-0.25, -0.2) is 0 Å². The number of nitrogens with one attached hydrogen (secondary N) is 1. The number of carbonyl (C=O) groups excluding carboxylic acids is 1. The Balaban J connectivity index is 1.21. The van der Waals surface area contributed by atoms with Crippen molar-refractivity contribution in [3.05, 3.63) is 66.0 Å². The lowest BCUT2D eigenvalue weighted by molar-refractivity contribution is -0.113. The Bertz CT molecular complexity index is 1020. The number of amides is 1. The zero-order valence-corrected chi connectivity index (χ0v) is 18.4. The number of anilines is 2. The van der Waals surface area contributed by atoms with E-state index in [2.05, 4.69) is 49.2 Å². The fourth-order valence-electron chi connectivity index (χ4n) is 4.02. The summed E-state index contributed by atoms with van der Waals surface area (Å²) in [6.45, 7) is 2.98. The third kappa shape index (κ3) is 4.93. The molecule has 1 saturated carbocycles. The van der Waals surface area contributed by atoms with Gasteiger partial charge in [-0.2, -0.15) is 0 Å². The van der Waals surface area contributed by atoms with E-state index in [-0.39, 0.29) is 5.91 Å². The molecule has 6 nitrogen and oxygen atoms in total. The van der Waals surface area contributed by atoms with E-state index >= 15 is 0 Å². The summed E-state index contributed by atoms with van der Waals surface area (Å²) >= 11 is 1.45. The molecule has 2 heterocycles. The van der Waals surface area contributed by atoms with E-state index in [4.69, 9.17) is 0 Å². The molecular formula is C24H27N5OS. The number of rotatable bonds is 8. The lowest BCUT2D eigenvalue weighted by atomic mass is 10.2. The maximum absolute atomic E-state index is 12.5. The molecule has 1 aromatic heterocycles. The second kappa shape index (κ2) is 9.14. The van der Waals surface area contributed by atoms with E-state index in [9.17, 15) is 4.79 Å². The number of carbonyl (C=O) groups is 1. The van der Waals surface area contributed by atoms with Crippen LogP contribution in [0.4, 0.5) is 11.4 Å². The predicted molar refractivity (Wildman–Crippen MR) is 125 cm³/mol. The molecule has 1 N–H and O–H groups in total. The third-order valence-electron chi connectivity index (χ3n) is 5.83. The van der Waals surface area contributed by atoms with Crippen LogP contribution in [0.3, 0.4) is 0 Å². The minimum atomic E-state index is -0.0267. The highest BCUT2D eigenvalue weighted by molar-refractivity contribution is 7.99. The van der Waals surface area contributed by atoms with Crippen molar-refractivity contribution in [3.63, 3.8) is 0 Å². The first-order valence-corrected chi connectivity index (χ1v) is 12.0. The molecule has 2 aromatic carbocycles. The molecule has 7 heteroatoms. The van der Waals surface area contributed by atoms with Crippen LogP contribution in [0, 0.1) is 0 Å². The molecule has 2 fully saturated rings. The lowest BCUT2D eigenvalue weighted by Gasteiger charge is -2.17. The number of aromatic nitrogens is 3. The summed E-state index contributed by atoms with van der Waals surface area (Å²) in [7, 11) is 0. The van der Waals surface area contributed by atoms with Gasteiger partial charge in [0.25, 0.3) is 0 Å². The molecule has 0 spiro atoms. The number of thioether (sulfide) groups is 1. The van der Waals surface area contributed by atoms with Crippen LogP contribution in [-0.4, -0.2) is 39.5 Å². The van der Waals surface area contributed by atoms with E-state index in [1.165, 1.54) is 48.7 Å². The van der Waals surface area contributed by atoms with E-state index in [0.717, 1.165) is 36.3 Å². The second-order valence-corrected chi connectivity index (χ2v) is 9.21. The normalized spacial score (nSPS) is 15.9. The Hall–Kier alpha value is -2.80. The van der Waals surface area contributed by atoms with Crippen LogP contribution >= 0.6 is 11.8 Å². The predicted octanol–water partition coefficient (Wildman–Crippen LogP) is 4.53. The summed E-state index contributed by atoms with van der Waals surface area (Å²) in [4.78, 5) is 14.9. The zero-order chi connectivity index (χ0) is 21.0. The first-order valence-electron chi connectivity index (χ1n) is 11.0. The Morgan fingerprint density at radius 3 is 2.45 bits per heavy atom. The van der Waals surface area contributed by atoms with Crippen molar-refractivity contribution >= 4 is 29.0 Å². The van der Waals surface area contributed by atoms with Crippen molar-refractivity contribution in [2.75, 3.05) is 29.1 Å². The average Bonchev–Trinajstić information content (AvgIpc) is 3.33. The highest BCUT2D eigenvalue weighted by Crippen LogP contribution is 2.40. The van der Waals surface area contributed by atoms with E-state index in [1.54, 1.807) is 0 Å². The number of hydrogen-bond acceptors (Lipinski definition) is 5. The van der Waals surface area contributed by atoms with Crippen molar-refractivity contribution < 1.29 is 4.79 Å². The maximum Gasteiger partial charge on any atom is 0.234 e. The van der Waals surface area contributed by atoms with Crippen LogP contribution in [0.5, 0.6) is 0 Å². The van der Waals surface area contributed by atoms with Crippen molar-refractivity contribution in [3.8, 4) is 0 Å². The molecule has 1 aliphatic heterocycles. The van der Waals surface area contributed by atoms with Crippen molar-refractivity contribution in [1.82, 2.24) is 14.8 Å². The van der Waals surface area contributed by atoms with Gasteiger partial charge in [-0.1, -0.05) is 42.1 Å². The van der Waals surface area contributed by atoms with Gasteiger partial charge in [-0.3, -0.25) is 4.79 Å². The molecule has 3 aromatic rings. The van der Waals surface area contributed by atoms with Gasteiger partial charge in [-0.15, -0.1) is 10.2 Å². The lowest BCUT2D eigenvalue weighted by Crippen LogP contribution is -2.18. The maximum atomic E-state index is 12.5. The van der Waals surface area contributed by atoms with Gasteiger partial charge in [0, 0.05) is 30.4 Å². The molecule has 2 aliphatic rings. The summed E-state index contributed by atoms with van der Waals surface area (Å²) < 4.78 is 2.18. The van der Waals surface area contributed by atoms with Crippen LogP contribution in [0.25, 0.3) is 0 Å². The Morgan fingerprint density at radius 2 is 1.74 bits per heavy atom. The Kier molecular flexibility index (Phi) is 5.93. The summed E-state index contributed by atoms with van der Waals surface area (Å²) in [5.41, 5.74) is 3.28. The largest absolute Gasteiger partial charge is 0.372 e. The smallest absolute Gasteiger partial charge is 0.234 e. The van der Waals surface area contributed by atoms with Gasteiger partial charge in [0.2, 0.25) is 5.91 Å². The van der Waals surface area contributed by atoms with Crippen molar-refractivity contribution in [1.29, 1.82) is 0 Å². The van der Waals surface area contributed by atoms with E-state index in [1.807, 2.05) is 30.3 Å². The second-order valence-electron chi connectivity index (χ2n) is 8.26. The fourth-order valence-corrected chi connectivity index (χ4v) is 4.77. The Labute approximate surface area is 187 Å². The van der Waals surface area contributed by atoms with Gasteiger partial charge in [0.05, 0.1) is 12.3 Å². The standard InChI is InChI=1S/C24H27N5OS/c30-22(25-20-10-12-21(13-11-20)28-14-4-5-15-28)17-31-24-27-26-23(19-8-9-19)29(24)16-18-6-2-1-3-7-18/h1-3,6-7,10-13,19H,4-5,8-9,14-17H2,(H,25,30). The van der Waals surface area contributed by atoms with Crippen molar-refractivity contribution in [2.24, 2.45) is 0 Å². The van der Waals surface area contributed by atoms with Crippen LogP contribution < -0.4 is 10.2 Å². The van der Waals surface area contributed by atoms with Crippen LogP contribution in [-0.2, 0) is 11.3 Å². The first kappa shape index (κ1) is 20.1. The summed E-state index contributed by atoms with van der Waals surface area (Å²) in [6, 6.07) is 18.5. The topological polar surface area (TPSA) is 63.1 Å². The SMILES string of the molecule is O=C(CSc1nnc(C2CC2)n1Cc1ccccc1)Nc1ccc(N2CCCC2)cc1. The van der Waals surface area contributed by atoms with Gasteiger partial charge in [0.1, 0.15) is 5.82 Å². The minimum absolute atomic E-state index is 0.0267. The van der Waals surface area contributed by atoms with Crippen molar-refractivity contribution in [2.45, 2.75) is 43.3 Å². The van der Waals surface area contributed by atoms with Crippen LogP contribution in [0.15, 0.2) is 59.8 Å². The van der Waals surface area contributed by atoms with Gasteiger partial charge < -0.3 is 14.8 Å². The first-order chi connectivity index (χ1) is 15.3. The zero-order valence-electron chi connectivity index (χ0n) is 17.5. The molecule has 1 aliphatic carbocycles. The monoisotopic (exact) mass is 433 g/mol. The molecule has 1 amide bonds. The molecule has 31 heavy (non-hydrogen) atoms. The highest BCUT2D eigenvalue weighted by atomic mass is 32.2. The highest BCUT2D eigenvalue weighted by Gasteiger charge is 2.30. The van der Waals surface area contributed by atoms with Gasteiger partial charge in [-0.05, 0) is 55.5 Å². The molecule has 1 saturated heterocycles. The summed E-state index contributed by atoms with van der Waals surface area (Å²) in [5.74, 6) is 1.84. The number of benzene rings is 2. The summed E-state index contributed by atoms with van der Waals surface area (Å²) in [5, 5.41) is 12.7.